The molecule has 1 N–H and O–H groups in total. The largest absolute Gasteiger partial charge is 0.350 e. The first-order valence-corrected chi connectivity index (χ1v) is 6.47. The molecule has 4 nitrogen and oxygen atoms in total. The van der Waals surface area contributed by atoms with E-state index in [2.05, 4.69) is 15.4 Å². The molecule has 2 aromatic heterocycles. The third-order valence-corrected chi connectivity index (χ3v) is 3.46. The highest BCUT2D eigenvalue weighted by molar-refractivity contribution is 6.30. The fraction of sp³-hybridized carbons (Fsp3) is 0.500. The second kappa shape index (κ2) is 4.53. The van der Waals surface area contributed by atoms with E-state index < -0.39 is 0 Å². The Hall–Kier alpha value is -1.29. The molecule has 3 rings (SSSR count). The normalized spacial score (nSPS) is 17.5. The molecule has 5 heteroatoms. The molecular weight excluding hydrogens is 236 g/mol. The molecule has 2 heterocycles. The standard InChI is InChI=1S/C12H15ClN4/c13-9-6-7-11-15-12(16-17(11)8-9)14-10-4-2-1-3-5-10/h6-8,10H,1-5H2,(H,14,16). The van der Waals surface area contributed by atoms with E-state index in [1.165, 1.54) is 32.1 Å². The molecule has 0 radical (unpaired) electrons. The predicted octanol–water partition coefficient (Wildman–Crippen LogP) is 3.13. The summed E-state index contributed by atoms with van der Waals surface area (Å²) in [5.74, 6) is 0.708. The highest BCUT2D eigenvalue weighted by atomic mass is 35.5. The fourth-order valence-electron chi connectivity index (χ4n) is 2.35. The SMILES string of the molecule is Clc1ccc2nc(NC3CCCCC3)nn2c1. The van der Waals surface area contributed by atoms with Gasteiger partial charge in [-0.25, -0.2) is 4.52 Å². The van der Waals surface area contributed by atoms with Gasteiger partial charge in [-0.1, -0.05) is 30.9 Å². The van der Waals surface area contributed by atoms with Gasteiger partial charge >= 0.3 is 0 Å². The number of halogens is 1. The van der Waals surface area contributed by atoms with Crippen LogP contribution in [-0.2, 0) is 0 Å². The summed E-state index contributed by atoms with van der Waals surface area (Å²) in [5.41, 5.74) is 0.827. The molecule has 0 spiro atoms. The number of hydrogen-bond acceptors (Lipinski definition) is 3. The third kappa shape index (κ3) is 2.36. The monoisotopic (exact) mass is 250 g/mol. The molecule has 1 aliphatic carbocycles. The number of aromatic nitrogens is 3. The molecule has 0 saturated heterocycles. The van der Waals surface area contributed by atoms with Crippen LogP contribution in [0.15, 0.2) is 18.3 Å². The van der Waals surface area contributed by atoms with E-state index in [0.717, 1.165) is 5.65 Å². The number of rotatable bonds is 2. The zero-order valence-electron chi connectivity index (χ0n) is 9.56. The average molecular weight is 251 g/mol. The lowest BCUT2D eigenvalue weighted by atomic mass is 9.96. The van der Waals surface area contributed by atoms with Crippen molar-refractivity contribution >= 4 is 23.2 Å². The van der Waals surface area contributed by atoms with Gasteiger partial charge in [-0.3, -0.25) is 0 Å². The Morgan fingerprint density at radius 1 is 1.24 bits per heavy atom. The van der Waals surface area contributed by atoms with Crippen LogP contribution in [0.4, 0.5) is 5.95 Å². The number of fused-ring (bicyclic) bond motifs is 1. The molecule has 17 heavy (non-hydrogen) atoms. The molecule has 0 atom stereocenters. The summed E-state index contributed by atoms with van der Waals surface area (Å²) in [7, 11) is 0. The van der Waals surface area contributed by atoms with Crippen molar-refractivity contribution in [2.24, 2.45) is 0 Å². The summed E-state index contributed by atoms with van der Waals surface area (Å²) < 4.78 is 1.72. The van der Waals surface area contributed by atoms with Gasteiger partial charge in [0.2, 0.25) is 5.95 Å². The molecule has 0 aromatic carbocycles. The van der Waals surface area contributed by atoms with Crippen LogP contribution < -0.4 is 5.32 Å². The highest BCUT2D eigenvalue weighted by Crippen LogP contribution is 2.20. The Balaban J connectivity index is 1.80. The maximum atomic E-state index is 5.91. The summed E-state index contributed by atoms with van der Waals surface area (Å²) >= 11 is 5.91. The minimum Gasteiger partial charge on any atom is -0.350 e. The molecule has 90 valence electrons. The summed E-state index contributed by atoms with van der Waals surface area (Å²) in [6.45, 7) is 0. The zero-order chi connectivity index (χ0) is 11.7. The van der Waals surface area contributed by atoms with Gasteiger partial charge in [-0.05, 0) is 25.0 Å². The van der Waals surface area contributed by atoms with Gasteiger partial charge in [0.25, 0.3) is 0 Å². The molecule has 0 unspecified atom stereocenters. The Kier molecular flexibility index (Phi) is 2.89. The van der Waals surface area contributed by atoms with E-state index in [0.29, 0.717) is 17.0 Å². The van der Waals surface area contributed by atoms with Crippen LogP contribution in [0.1, 0.15) is 32.1 Å². The van der Waals surface area contributed by atoms with Crippen LogP contribution in [0.25, 0.3) is 5.65 Å². The van der Waals surface area contributed by atoms with Crippen molar-refractivity contribution in [1.29, 1.82) is 0 Å². The molecule has 0 aliphatic heterocycles. The van der Waals surface area contributed by atoms with Crippen LogP contribution in [0, 0.1) is 0 Å². The number of nitrogens with zero attached hydrogens (tertiary/aromatic N) is 3. The van der Waals surface area contributed by atoms with E-state index >= 15 is 0 Å². The van der Waals surface area contributed by atoms with Gasteiger partial charge in [-0.15, -0.1) is 5.10 Å². The number of pyridine rings is 1. The molecule has 0 amide bonds. The zero-order valence-corrected chi connectivity index (χ0v) is 10.3. The van der Waals surface area contributed by atoms with Crippen molar-refractivity contribution in [3.05, 3.63) is 23.4 Å². The van der Waals surface area contributed by atoms with E-state index in [-0.39, 0.29) is 0 Å². The van der Waals surface area contributed by atoms with Gasteiger partial charge in [0.1, 0.15) is 0 Å². The van der Waals surface area contributed by atoms with Crippen LogP contribution in [0.2, 0.25) is 5.02 Å². The van der Waals surface area contributed by atoms with Gasteiger partial charge in [0, 0.05) is 12.2 Å². The van der Waals surface area contributed by atoms with Crippen molar-refractivity contribution < 1.29 is 0 Å². The van der Waals surface area contributed by atoms with Crippen molar-refractivity contribution in [2.45, 2.75) is 38.1 Å². The minimum absolute atomic E-state index is 0.525. The molecule has 1 saturated carbocycles. The Morgan fingerprint density at radius 3 is 2.88 bits per heavy atom. The summed E-state index contributed by atoms with van der Waals surface area (Å²) in [5, 5.41) is 8.45. The van der Waals surface area contributed by atoms with Crippen LogP contribution in [0.5, 0.6) is 0 Å². The quantitative estimate of drug-likeness (QED) is 0.891. The first kappa shape index (κ1) is 10.8. The molecule has 0 bridgehead atoms. The van der Waals surface area contributed by atoms with E-state index in [4.69, 9.17) is 11.6 Å². The summed E-state index contributed by atoms with van der Waals surface area (Å²) in [6, 6.07) is 4.23. The third-order valence-electron chi connectivity index (χ3n) is 3.23. The highest BCUT2D eigenvalue weighted by Gasteiger charge is 2.15. The Bertz CT molecular complexity index is 516. The molecule has 1 fully saturated rings. The Morgan fingerprint density at radius 2 is 2.06 bits per heavy atom. The minimum atomic E-state index is 0.525. The van der Waals surface area contributed by atoms with Crippen LogP contribution in [0.3, 0.4) is 0 Å². The van der Waals surface area contributed by atoms with Crippen molar-refractivity contribution in [3.8, 4) is 0 Å². The van der Waals surface area contributed by atoms with Crippen molar-refractivity contribution in [1.82, 2.24) is 14.6 Å². The summed E-state index contributed by atoms with van der Waals surface area (Å²) in [4.78, 5) is 4.43. The van der Waals surface area contributed by atoms with Crippen molar-refractivity contribution in [3.63, 3.8) is 0 Å². The van der Waals surface area contributed by atoms with E-state index in [9.17, 15) is 0 Å². The summed E-state index contributed by atoms with van der Waals surface area (Å²) in [6.07, 6.45) is 8.17. The first-order chi connectivity index (χ1) is 8.31. The first-order valence-electron chi connectivity index (χ1n) is 6.10. The fourth-order valence-corrected chi connectivity index (χ4v) is 2.50. The van der Waals surface area contributed by atoms with Gasteiger partial charge < -0.3 is 5.32 Å². The van der Waals surface area contributed by atoms with Crippen LogP contribution >= 0.6 is 11.6 Å². The second-order valence-electron chi connectivity index (χ2n) is 4.56. The second-order valence-corrected chi connectivity index (χ2v) is 5.00. The average Bonchev–Trinajstić information content (AvgIpc) is 2.71. The topological polar surface area (TPSA) is 42.2 Å². The van der Waals surface area contributed by atoms with Crippen LogP contribution in [-0.4, -0.2) is 20.6 Å². The lowest BCUT2D eigenvalue weighted by molar-refractivity contribution is 0.461. The predicted molar refractivity (Wildman–Crippen MR) is 68.5 cm³/mol. The van der Waals surface area contributed by atoms with Gasteiger partial charge in [0.05, 0.1) is 5.02 Å². The number of hydrogen-bond donors (Lipinski definition) is 1. The maximum absolute atomic E-state index is 5.91. The van der Waals surface area contributed by atoms with Gasteiger partial charge in [-0.2, -0.15) is 4.98 Å². The lowest BCUT2D eigenvalue weighted by Gasteiger charge is -2.21. The van der Waals surface area contributed by atoms with Crippen molar-refractivity contribution in [2.75, 3.05) is 5.32 Å². The van der Waals surface area contributed by atoms with Gasteiger partial charge in [0.15, 0.2) is 5.65 Å². The molecule has 1 aliphatic rings. The van der Waals surface area contributed by atoms with E-state index in [1.54, 1.807) is 10.7 Å². The maximum Gasteiger partial charge on any atom is 0.243 e. The molecular formula is C12H15ClN4. The Labute approximate surface area is 105 Å². The lowest BCUT2D eigenvalue weighted by Crippen LogP contribution is -2.22. The molecule has 2 aromatic rings. The number of nitrogens with one attached hydrogen (secondary N) is 1. The smallest absolute Gasteiger partial charge is 0.243 e. The number of anilines is 1. The van der Waals surface area contributed by atoms with E-state index in [1.807, 2.05) is 12.1 Å².